The Morgan fingerprint density at radius 2 is 2.08 bits per heavy atom. The summed E-state index contributed by atoms with van der Waals surface area (Å²) in [6.07, 6.45) is 4.31. The molecule has 0 bridgehead atoms. The minimum atomic E-state index is 0.243. The Kier molecular flexibility index (Phi) is 4.96. The van der Waals surface area contributed by atoms with Gasteiger partial charge in [0.25, 0.3) is 0 Å². The molecule has 2 aromatic heterocycles. The van der Waals surface area contributed by atoms with E-state index in [0.29, 0.717) is 17.9 Å². The molecule has 2 aliphatic rings. The van der Waals surface area contributed by atoms with E-state index in [1.54, 1.807) is 11.3 Å². The number of nitrogens with zero attached hydrogens (tertiary/aromatic N) is 4. The predicted octanol–water partition coefficient (Wildman–Crippen LogP) is 2.58. The van der Waals surface area contributed by atoms with E-state index < -0.39 is 0 Å². The molecule has 4 atom stereocenters. The van der Waals surface area contributed by atoms with Crippen LogP contribution in [0.2, 0.25) is 0 Å². The maximum Gasteiger partial charge on any atom is 0.131 e. The summed E-state index contributed by atoms with van der Waals surface area (Å²) in [6, 6.07) is 6.31. The number of methoxy groups -OCH3 is 1. The number of aromatic nitrogens is 3. The normalized spacial score (nSPS) is 29.5. The molecule has 1 saturated carbocycles. The van der Waals surface area contributed by atoms with Crippen LogP contribution in [0.15, 0.2) is 24.4 Å². The number of aryl methyl sites for hydroxylation is 1. The molecule has 0 aromatic carbocycles. The zero-order valence-corrected chi connectivity index (χ0v) is 15.6. The molecule has 0 spiro atoms. The number of anilines is 1. The fourth-order valence-corrected chi connectivity index (χ4v) is 5.03. The van der Waals surface area contributed by atoms with Crippen molar-refractivity contribution in [2.45, 2.75) is 38.5 Å². The van der Waals surface area contributed by atoms with Crippen molar-refractivity contribution < 1.29 is 4.74 Å². The number of fused-ring (bicyclic) bond motifs is 1. The van der Waals surface area contributed by atoms with E-state index in [1.165, 1.54) is 0 Å². The zero-order chi connectivity index (χ0) is 17.2. The van der Waals surface area contributed by atoms with Crippen LogP contribution in [0, 0.1) is 18.8 Å². The molecule has 1 aliphatic heterocycles. The summed E-state index contributed by atoms with van der Waals surface area (Å²) in [5.41, 5.74) is 0. The van der Waals surface area contributed by atoms with E-state index >= 15 is 0 Å². The molecule has 25 heavy (non-hydrogen) atoms. The van der Waals surface area contributed by atoms with E-state index in [-0.39, 0.29) is 6.10 Å². The first-order valence-electron chi connectivity index (χ1n) is 8.93. The van der Waals surface area contributed by atoms with Crippen molar-refractivity contribution in [2.24, 2.45) is 11.8 Å². The van der Waals surface area contributed by atoms with E-state index in [4.69, 9.17) is 4.74 Å². The Hall–Kier alpha value is -1.57. The van der Waals surface area contributed by atoms with Crippen molar-refractivity contribution in [3.63, 3.8) is 0 Å². The van der Waals surface area contributed by atoms with Gasteiger partial charge in [0.05, 0.1) is 18.7 Å². The van der Waals surface area contributed by atoms with Gasteiger partial charge in [-0.2, -0.15) is 0 Å². The van der Waals surface area contributed by atoms with Crippen LogP contribution >= 0.6 is 11.3 Å². The highest BCUT2D eigenvalue weighted by Crippen LogP contribution is 2.38. The lowest BCUT2D eigenvalue weighted by atomic mass is 9.77. The Morgan fingerprint density at radius 1 is 1.24 bits per heavy atom. The number of hydrogen-bond donors (Lipinski definition) is 1. The maximum absolute atomic E-state index is 5.81. The van der Waals surface area contributed by atoms with Crippen LogP contribution < -0.4 is 5.32 Å². The second-order valence-electron chi connectivity index (χ2n) is 7.14. The van der Waals surface area contributed by atoms with Gasteiger partial charge >= 0.3 is 0 Å². The van der Waals surface area contributed by atoms with Gasteiger partial charge in [0, 0.05) is 26.4 Å². The van der Waals surface area contributed by atoms with Crippen molar-refractivity contribution in [3.05, 3.63) is 34.4 Å². The summed E-state index contributed by atoms with van der Waals surface area (Å²) in [7, 11) is 1.83. The lowest BCUT2D eigenvalue weighted by Crippen LogP contribution is -2.44. The highest BCUT2D eigenvalue weighted by Gasteiger charge is 2.42. The molecule has 0 amide bonds. The zero-order valence-electron chi connectivity index (χ0n) is 14.8. The minimum absolute atomic E-state index is 0.243. The van der Waals surface area contributed by atoms with Gasteiger partial charge in [-0.15, -0.1) is 21.5 Å². The summed E-state index contributed by atoms with van der Waals surface area (Å²) >= 11 is 1.71. The smallest absolute Gasteiger partial charge is 0.131 e. The van der Waals surface area contributed by atoms with Crippen LogP contribution in [0.25, 0.3) is 0 Å². The first kappa shape index (κ1) is 16.9. The van der Waals surface area contributed by atoms with Gasteiger partial charge in [0.15, 0.2) is 0 Å². The molecule has 2 aromatic rings. The number of rotatable bonds is 5. The number of nitrogens with one attached hydrogen (secondary N) is 1. The second kappa shape index (κ2) is 7.35. The van der Waals surface area contributed by atoms with Crippen LogP contribution in [0.3, 0.4) is 0 Å². The van der Waals surface area contributed by atoms with E-state index in [9.17, 15) is 0 Å². The lowest BCUT2D eigenvalue weighted by Gasteiger charge is -2.37. The van der Waals surface area contributed by atoms with Crippen LogP contribution in [-0.4, -0.2) is 52.4 Å². The third-order valence-electron chi connectivity index (χ3n) is 5.42. The van der Waals surface area contributed by atoms with E-state index in [0.717, 1.165) is 48.3 Å². The largest absolute Gasteiger partial charge is 0.379 e. The molecule has 1 N–H and O–H groups in total. The molecule has 7 heteroatoms. The highest BCUT2D eigenvalue weighted by atomic mass is 32.1. The molecule has 3 heterocycles. The number of likely N-dealkylation sites (tertiary alicyclic amines) is 1. The van der Waals surface area contributed by atoms with Crippen molar-refractivity contribution in [2.75, 3.05) is 25.5 Å². The SMILES string of the molecule is CO[C@@H]1C[C@H]2CN(Cc3nnc(C)s3)C[C@H]2C[C@H]1Nc1ccccn1. The summed E-state index contributed by atoms with van der Waals surface area (Å²) in [6.45, 7) is 5.22. The first-order valence-corrected chi connectivity index (χ1v) is 9.74. The fraction of sp³-hybridized carbons (Fsp3) is 0.611. The minimum Gasteiger partial charge on any atom is -0.379 e. The van der Waals surface area contributed by atoms with Crippen molar-refractivity contribution in [3.8, 4) is 0 Å². The van der Waals surface area contributed by atoms with Crippen molar-refractivity contribution in [1.82, 2.24) is 20.1 Å². The summed E-state index contributed by atoms with van der Waals surface area (Å²) < 4.78 is 5.81. The number of ether oxygens (including phenoxy) is 1. The van der Waals surface area contributed by atoms with Gasteiger partial charge < -0.3 is 10.1 Å². The third kappa shape index (κ3) is 3.83. The number of hydrogen-bond acceptors (Lipinski definition) is 7. The fourth-order valence-electron chi connectivity index (χ4n) is 4.28. The summed E-state index contributed by atoms with van der Waals surface area (Å²) in [4.78, 5) is 6.94. The summed E-state index contributed by atoms with van der Waals surface area (Å²) in [5, 5.41) is 14.2. The first-order chi connectivity index (χ1) is 12.2. The van der Waals surface area contributed by atoms with Gasteiger partial charge in [0.1, 0.15) is 15.8 Å². The standard InChI is InChI=1S/C18H25N5OS/c1-12-21-22-18(25-12)11-23-9-13-7-15(16(24-2)8-14(13)10-23)20-17-5-3-4-6-19-17/h3-6,13-16H,7-11H2,1-2H3,(H,19,20)/t13-,14+,15-,16-/m1/s1. The summed E-state index contributed by atoms with van der Waals surface area (Å²) in [5.74, 6) is 2.36. The van der Waals surface area contributed by atoms with Crippen LogP contribution in [-0.2, 0) is 11.3 Å². The Bertz CT molecular complexity index is 694. The predicted molar refractivity (Wildman–Crippen MR) is 98.6 cm³/mol. The Labute approximate surface area is 152 Å². The maximum atomic E-state index is 5.81. The average molecular weight is 359 g/mol. The molecule has 4 rings (SSSR count). The van der Waals surface area contributed by atoms with Crippen LogP contribution in [0.4, 0.5) is 5.82 Å². The third-order valence-corrected chi connectivity index (χ3v) is 6.24. The van der Waals surface area contributed by atoms with Gasteiger partial charge in [-0.25, -0.2) is 4.98 Å². The van der Waals surface area contributed by atoms with Gasteiger partial charge in [-0.05, 0) is 43.7 Å². The van der Waals surface area contributed by atoms with Gasteiger partial charge in [0.2, 0.25) is 0 Å². The molecule has 2 fully saturated rings. The van der Waals surface area contributed by atoms with Gasteiger partial charge in [-0.3, -0.25) is 4.90 Å². The topological polar surface area (TPSA) is 63.2 Å². The van der Waals surface area contributed by atoms with Crippen molar-refractivity contribution >= 4 is 17.2 Å². The molecule has 1 aliphatic carbocycles. The molecule has 0 radical (unpaired) electrons. The lowest BCUT2D eigenvalue weighted by molar-refractivity contribution is 0.0304. The molecular formula is C18H25N5OS. The van der Waals surface area contributed by atoms with Gasteiger partial charge in [-0.1, -0.05) is 6.07 Å². The van der Waals surface area contributed by atoms with Crippen LogP contribution in [0.5, 0.6) is 0 Å². The quantitative estimate of drug-likeness (QED) is 0.885. The number of pyridine rings is 1. The second-order valence-corrected chi connectivity index (χ2v) is 8.41. The highest BCUT2D eigenvalue weighted by molar-refractivity contribution is 7.11. The monoisotopic (exact) mass is 359 g/mol. The van der Waals surface area contributed by atoms with E-state index in [2.05, 4.69) is 25.4 Å². The van der Waals surface area contributed by atoms with Crippen LogP contribution in [0.1, 0.15) is 22.9 Å². The van der Waals surface area contributed by atoms with Crippen molar-refractivity contribution in [1.29, 1.82) is 0 Å². The molecule has 1 saturated heterocycles. The molecule has 6 nitrogen and oxygen atoms in total. The Balaban J connectivity index is 1.40. The average Bonchev–Trinajstić information content (AvgIpc) is 3.20. The Morgan fingerprint density at radius 3 is 2.76 bits per heavy atom. The van der Waals surface area contributed by atoms with E-state index in [1.807, 2.05) is 38.4 Å². The molecule has 134 valence electrons. The molecular weight excluding hydrogens is 334 g/mol. The molecule has 0 unspecified atom stereocenters.